The lowest BCUT2D eigenvalue weighted by Gasteiger charge is -2.42. The van der Waals surface area contributed by atoms with Crippen molar-refractivity contribution in [3.05, 3.63) is 65.6 Å². The highest BCUT2D eigenvalue weighted by Gasteiger charge is 2.45. The maximum atomic E-state index is 11.5. The van der Waals surface area contributed by atoms with Crippen molar-refractivity contribution in [2.24, 2.45) is 11.8 Å². The smallest absolute Gasteiger partial charge is 0.213 e. The largest absolute Gasteiger partial charge is 0.512 e. The van der Waals surface area contributed by atoms with Gasteiger partial charge in [0.1, 0.15) is 11.4 Å². The molecule has 2 aliphatic rings. The Labute approximate surface area is 166 Å². The molecule has 28 heavy (non-hydrogen) atoms. The van der Waals surface area contributed by atoms with Crippen molar-refractivity contribution in [2.75, 3.05) is 6.61 Å². The van der Waals surface area contributed by atoms with Crippen LogP contribution in [-0.4, -0.2) is 38.6 Å². The Kier molecular flexibility index (Phi) is 5.77. The van der Waals surface area contributed by atoms with Crippen LogP contribution >= 0.6 is 0 Å². The summed E-state index contributed by atoms with van der Waals surface area (Å²) in [5.74, 6) is 0.0251. The number of hydrogen-bond acceptors (Lipinski definition) is 5. The van der Waals surface area contributed by atoms with Crippen LogP contribution in [0.1, 0.15) is 39.2 Å². The van der Waals surface area contributed by atoms with E-state index < -0.39 is 17.6 Å². The van der Waals surface area contributed by atoms with Crippen LogP contribution < -0.4 is 4.74 Å². The molecular weight excluding hydrogens is 354 g/mol. The number of rotatable bonds is 5. The standard InChI is InChI=1S/C23H29NO4/c1-5-28-21-9-7-17(13-24-21)18-11-20(26)22(23(27,12-18)14(2)3)16-6-8-19(25)15(4)10-16/h7,9-13,16,19,22,25-27H,2,5-6,8H2,1,3-4H3/t16?,19?,22-,23?/m0/s1. The second-order valence-corrected chi connectivity index (χ2v) is 7.74. The first-order valence-corrected chi connectivity index (χ1v) is 9.73. The molecule has 1 aromatic rings. The number of ether oxygens (including phenoxy) is 1. The minimum absolute atomic E-state index is 0.0856. The summed E-state index contributed by atoms with van der Waals surface area (Å²) >= 11 is 0. The Morgan fingerprint density at radius 3 is 2.68 bits per heavy atom. The minimum Gasteiger partial charge on any atom is -0.512 e. The molecule has 0 aliphatic heterocycles. The summed E-state index contributed by atoms with van der Waals surface area (Å²) in [5, 5.41) is 32.4. The zero-order valence-electron chi connectivity index (χ0n) is 16.7. The average Bonchev–Trinajstić information content (AvgIpc) is 2.65. The lowest BCUT2D eigenvalue weighted by Crippen LogP contribution is -2.44. The number of aliphatic hydroxyl groups excluding tert-OH is 2. The van der Waals surface area contributed by atoms with Crippen LogP contribution in [0.5, 0.6) is 5.88 Å². The molecule has 0 saturated carbocycles. The fourth-order valence-electron chi connectivity index (χ4n) is 4.10. The molecule has 0 aromatic carbocycles. The summed E-state index contributed by atoms with van der Waals surface area (Å²) < 4.78 is 5.38. The zero-order chi connectivity index (χ0) is 20.5. The number of aromatic nitrogens is 1. The fourth-order valence-corrected chi connectivity index (χ4v) is 4.10. The molecule has 0 radical (unpaired) electrons. The van der Waals surface area contributed by atoms with Gasteiger partial charge in [-0.2, -0.15) is 0 Å². The van der Waals surface area contributed by atoms with Crippen LogP contribution in [0.25, 0.3) is 5.57 Å². The van der Waals surface area contributed by atoms with Gasteiger partial charge < -0.3 is 20.1 Å². The molecule has 150 valence electrons. The van der Waals surface area contributed by atoms with E-state index in [4.69, 9.17) is 4.74 Å². The third kappa shape index (κ3) is 3.77. The number of nitrogens with zero attached hydrogens (tertiary/aromatic N) is 1. The Bertz CT molecular complexity index is 837. The van der Waals surface area contributed by atoms with Crippen LogP contribution in [0.15, 0.2) is 60.0 Å². The third-order valence-corrected chi connectivity index (χ3v) is 5.72. The highest BCUT2D eigenvalue weighted by Crippen LogP contribution is 2.46. The Hall–Kier alpha value is -2.37. The predicted molar refractivity (Wildman–Crippen MR) is 110 cm³/mol. The highest BCUT2D eigenvalue weighted by atomic mass is 16.5. The number of pyridine rings is 1. The van der Waals surface area contributed by atoms with E-state index in [1.54, 1.807) is 31.3 Å². The van der Waals surface area contributed by atoms with E-state index >= 15 is 0 Å². The monoisotopic (exact) mass is 383 g/mol. The quantitative estimate of drug-likeness (QED) is 0.671. The van der Waals surface area contributed by atoms with Gasteiger partial charge in [-0.25, -0.2) is 4.98 Å². The Morgan fingerprint density at radius 1 is 1.36 bits per heavy atom. The average molecular weight is 383 g/mol. The third-order valence-electron chi connectivity index (χ3n) is 5.72. The number of aliphatic hydroxyl groups is 3. The summed E-state index contributed by atoms with van der Waals surface area (Å²) in [6.45, 7) is 10.1. The molecule has 0 bridgehead atoms. The molecule has 0 spiro atoms. The van der Waals surface area contributed by atoms with Gasteiger partial charge in [0.25, 0.3) is 0 Å². The van der Waals surface area contributed by atoms with Crippen molar-refractivity contribution in [3.63, 3.8) is 0 Å². The second-order valence-electron chi connectivity index (χ2n) is 7.74. The zero-order valence-corrected chi connectivity index (χ0v) is 16.7. The van der Waals surface area contributed by atoms with Crippen molar-refractivity contribution in [1.29, 1.82) is 0 Å². The molecule has 3 rings (SSSR count). The van der Waals surface area contributed by atoms with Gasteiger partial charge in [-0.15, -0.1) is 0 Å². The Morgan fingerprint density at radius 2 is 2.11 bits per heavy atom. The lowest BCUT2D eigenvalue weighted by atomic mass is 9.66. The van der Waals surface area contributed by atoms with Gasteiger partial charge in [-0.3, -0.25) is 0 Å². The molecule has 4 atom stereocenters. The normalized spacial score (nSPS) is 30.2. The van der Waals surface area contributed by atoms with Crippen LogP contribution in [0, 0.1) is 11.8 Å². The molecule has 1 aromatic heterocycles. The molecule has 0 fully saturated rings. The molecule has 3 unspecified atom stereocenters. The summed E-state index contributed by atoms with van der Waals surface area (Å²) in [7, 11) is 0. The summed E-state index contributed by atoms with van der Waals surface area (Å²) in [6.07, 6.45) is 7.92. The van der Waals surface area contributed by atoms with E-state index in [-0.39, 0.29) is 11.7 Å². The SMILES string of the molecule is C=C(C)C1(O)C=C(c2ccc(OCC)nc2)C=C(O)[C@@H]1C1C=C(C)C(O)CC1. The second kappa shape index (κ2) is 7.94. The number of allylic oxidation sites excluding steroid dienone is 3. The molecule has 3 N–H and O–H groups in total. The van der Waals surface area contributed by atoms with Crippen molar-refractivity contribution in [1.82, 2.24) is 4.98 Å². The lowest BCUT2D eigenvalue weighted by molar-refractivity contribution is 0.0303. The van der Waals surface area contributed by atoms with E-state index in [0.717, 1.165) is 11.1 Å². The first kappa shape index (κ1) is 20.4. The summed E-state index contributed by atoms with van der Waals surface area (Å²) in [6, 6.07) is 3.62. The first-order chi connectivity index (χ1) is 13.3. The predicted octanol–water partition coefficient (Wildman–Crippen LogP) is 3.96. The van der Waals surface area contributed by atoms with Crippen LogP contribution in [0.4, 0.5) is 0 Å². The van der Waals surface area contributed by atoms with Crippen LogP contribution in [0.2, 0.25) is 0 Å². The van der Waals surface area contributed by atoms with E-state index in [0.29, 0.717) is 36.5 Å². The van der Waals surface area contributed by atoms with Crippen molar-refractivity contribution in [3.8, 4) is 5.88 Å². The molecule has 0 saturated heterocycles. The van der Waals surface area contributed by atoms with Gasteiger partial charge in [-0.05, 0) is 74.5 Å². The highest BCUT2D eigenvalue weighted by molar-refractivity contribution is 5.77. The van der Waals surface area contributed by atoms with Crippen molar-refractivity contribution in [2.45, 2.75) is 45.3 Å². The number of hydrogen-bond donors (Lipinski definition) is 3. The fraction of sp³-hybridized carbons (Fsp3) is 0.435. The van der Waals surface area contributed by atoms with Gasteiger partial charge in [0, 0.05) is 17.8 Å². The van der Waals surface area contributed by atoms with E-state index in [9.17, 15) is 15.3 Å². The van der Waals surface area contributed by atoms with Gasteiger partial charge >= 0.3 is 0 Å². The molecule has 0 amide bonds. The van der Waals surface area contributed by atoms with E-state index in [1.165, 1.54) is 0 Å². The molecule has 5 heteroatoms. The van der Waals surface area contributed by atoms with Crippen molar-refractivity contribution < 1.29 is 20.1 Å². The van der Waals surface area contributed by atoms with Gasteiger partial charge in [0.2, 0.25) is 5.88 Å². The minimum atomic E-state index is -1.39. The topological polar surface area (TPSA) is 82.8 Å². The first-order valence-electron chi connectivity index (χ1n) is 9.73. The van der Waals surface area contributed by atoms with Gasteiger partial charge in [0.15, 0.2) is 0 Å². The molecular formula is C23H29NO4. The van der Waals surface area contributed by atoms with Gasteiger partial charge in [-0.1, -0.05) is 12.7 Å². The maximum Gasteiger partial charge on any atom is 0.213 e. The molecule has 2 aliphatic carbocycles. The van der Waals surface area contributed by atoms with E-state index in [1.807, 2.05) is 26.0 Å². The molecule has 1 heterocycles. The van der Waals surface area contributed by atoms with Crippen molar-refractivity contribution >= 4 is 5.57 Å². The Balaban J connectivity index is 1.99. The van der Waals surface area contributed by atoms with Gasteiger partial charge in [0.05, 0.1) is 18.6 Å². The summed E-state index contributed by atoms with van der Waals surface area (Å²) in [4.78, 5) is 4.27. The van der Waals surface area contributed by atoms with E-state index in [2.05, 4.69) is 11.6 Å². The maximum absolute atomic E-state index is 11.5. The summed E-state index contributed by atoms with van der Waals surface area (Å²) in [5.41, 5.74) is 1.51. The van der Waals surface area contributed by atoms with Crippen LogP contribution in [0.3, 0.4) is 0 Å². The molecule has 5 nitrogen and oxygen atoms in total. The van der Waals surface area contributed by atoms with Crippen LogP contribution in [-0.2, 0) is 0 Å².